The van der Waals surface area contributed by atoms with Crippen LogP contribution < -0.4 is 20.9 Å². The molecule has 2 atom stereocenters. The van der Waals surface area contributed by atoms with Gasteiger partial charge in [-0.3, -0.25) is 9.59 Å². The Bertz CT molecular complexity index is 1170. The zero-order valence-electron chi connectivity index (χ0n) is 29.0. The van der Waals surface area contributed by atoms with Crippen LogP contribution in [-0.2, 0) is 6.42 Å². The van der Waals surface area contributed by atoms with Crippen molar-refractivity contribution in [1.29, 1.82) is 0 Å². The van der Waals surface area contributed by atoms with Gasteiger partial charge < -0.3 is 25.8 Å². The molecule has 0 spiro atoms. The van der Waals surface area contributed by atoms with Crippen molar-refractivity contribution in [2.24, 2.45) is 0 Å². The average molecular weight is 632 g/mol. The van der Waals surface area contributed by atoms with E-state index in [9.17, 15) is 9.59 Å². The molecule has 1 amide bonds. The van der Waals surface area contributed by atoms with Crippen LogP contribution >= 0.6 is 0 Å². The lowest BCUT2D eigenvalue weighted by atomic mass is 9.80. The predicted octanol–water partition coefficient (Wildman–Crippen LogP) is 6.61. The van der Waals surface area contributed by atoms with Crippen molar-refractivity contribution in [3.8, 4) is 0 Å². The third kappa shape index (κ3) is 10.6. The number of anilines is 1. The molecule has 0 aliphatic carbocycles. The summed E-state index contributed by atoms with van der Waals surface area (Å²) in [7, 11) is 0. The second kappa shape index (κ2) is 19.2. The smallest absolute Gasteiger partial charge is 0.253 e. The number of piperazine rings is 2. The highest BCUT2D eigenvalue weighted by molar-refractivity contribution is 6.03. The van der Waals surface area contributed by atoms with Crippen LogP contribution in [0.1, 0.15) is 118 Å². The van der Waals surface area contributed by atoms with E-state index >= 15 is 0 Å². The number of hydrogen-bond acceptors (Lipinski definition) is 6. The standard InChI is InChI=1S/C39H61N5O2/c1-4-6-7-8-9-10-11-12-13-14-32(3)42-39(5-2,37(45)34-19-21-36(22-20-34)43-27-23-40-24-28-43)31-33-15-17-35(18-16-33)38(46)44-29-25-41-26-30-44/h15-22,32,40-42H,4-14,23-31H2,1-3H3. The van der Waals surface area contributed by atoms with E-state index in [-0.39, 0.29) is 17.7 Å². The zero-order chi connectivity index (χ0) is 32.6. The summed E-state index contributed by atoms with van der Waals surface area (Å²) in [4.78, 5) is 31.9. The summed E-state index contributed by atoms with van der Waals surface area (Å²) in [5, 5.41) is 10.6. The summed E-state index contributed by atoms with van der Waals surface area (Å²) in [6.07, 6.45) is 14.2. The number of nitrogens with one attached hydrogen (secondary N) is 3. The fourth-order valence-electron chi connectivity index (χ4n) is 7.08. The largest absolute Gasteiger partial charge is 0.369 e. The fraction of sp³-hybridized carbons (Fsp3) is 0.641. The highest BCUT2D eigenvalue weighted by Crippen LogP contribution is 2.27. The van der Waals surface area contributed by atoms with Gasteiger partial charge in [0.25, 0.3) is 5.91 Å². The third-order valence-corrected chi connectivity index (χ3v) is 10.0. The molecule has 2 heterocycles. The van der Waals surface area contributed by atoms with E-state index in [2.05, 4.69) is 53.8 Å². The minimum Gasteiger partial charge on any atom is -0.369 e. The Hall–Kier alpha value is -2.74. The number of benzene rings is 2. The van der Waals surface area contributed by atoms with Gasteiger partial charge in [0.1, 0.15) is 0 Å². The minimum absolute atomic E-state index is 0.0863. The summed E-state index contributed by atoms with van der Waals surface area (Å²) in [5.74, 6) is 0.241. The third-order valence-electron chi connectivity index (χ3n) is 10.0. The number of hydrogen-bond donors (Lipinski definition) is 3. The molecule has 0 aromatic heterocycles. The number of nitrogens with zero attached hydrogens (tertiary/aromatic N) is 2. The van der Waals surface area contributed by atoms with Gasteiger partial charge in [-0.2, -0.15) is 0 Å². The normalized spacial score (nSPS) is 17.5. The molecule has 2 aromatic rings. The van der Waals surface area contributed by atoms with Gasteiger partial charge in [0.05, 0.1) is 5.54 Å². The van der Waals surface area contributed by atoms with Crippen LogP contribution in [0.2, 0.25) is 0 Å². The minimum atomic E-state index is -0.723. The second-order valence-corrected chi connectivity index (χ2v) is 13.6. The van der Waals surface area contributed by atoms with Crippen molar-refractivity contribution in [2.45, 2.75) is 109 Å². The molecule has 46 heavy (non-hydrogen) atoms. The fourth-order valence-corrected chi connectivity index (χ4v) is 7.08. The van der Waals surface area contributed by atoms with Crippen molar-refractivity contribution >= 4 is 17.4 Å². The summed E-state index contributed by atoms with van der Waals surface area (Å²) < 4.78 is 0. The predicted molar refractivity (Wildman–Crippen MR) is 192 cm³/mol. The van der Waals surface area contributed by atoms with E-state index in [1.807, 2.05) is 41.3 Å². The Morgan fingerprint density at radius 3 is 1.87 bits per heavy atom. The summed E-state index contributed by atoms with van der Waals surface area (Å²) >= 11 is 0. The Morgan fingerprint density at radius 2 is 1.28 bits per heavy atom. The van der Waals surface area contributed by atoms with Crippen molar-refractivity contribution in [3.63, 3.8) is 0 Å². The first kappa shape index (κ1) is 36.1. The molecule has 2 aromatic carbocycles. The zero-order valence-corrected chi connectivity index (χ0v) is 29.0. The molecule has 3 N–H and O–H groups in total. The second-order valence-electron chi connectivity index (χ2n) is 13.6. The van der Waals surface area contributed by atoms with Gasteiger partial charge in [0.2, 0.25) is 0 Å². The number of carbonyl (C=O) groups is 2. The maximum atomic E-state index is 14.5. The van der Waals surface area contributed by atoms with Crippen molar-refractivity contribution in [3.05, 3.63) is 65.2 Å². The van der Waals surface area contributed by atoms with Crippen molar-refractivity contribution in [2.75, 3.05) is 57.3 Å². The number of amides is 1. The molecule has 0 radical (unpaired) electrons. The quantitative estimate of drug-likeness (QED) is 0.120. The molecule has 254 valence electrons. The SMILES string of the molecule is CCCCCCCCCCCC(C)NC(CC)(Cc1ccc(C(=O)N2CCNCC2)cc1)C(=O)c1ccc(N2CCNCC2)cc1. The van der Waals surface area contributed by atoms with E-state index < -0.39 is 5.54 Å². The van der Waals surface area contributed by atoms with E-state index in [1.54, 1.807) is 0 Å². The van der Waals surface area contributed by atoms with Crippen LogP contribution in [-0.4, -0.2) is 80.5 Å². The highest BCUT2D eigenvalue weighted by Gasteiger charge is 2.38. The molecular formula is C39H61N5O2. The van der Waals surface area contributed by atoms with Gasteiger partial charge in [0.15, 0.2) is 5.78 Å². The lowest BCUT2D eigenvalue weighted by Crippen LogP contribution is -2.56. The lowest BCUT2D eigenvalue weighted by molar-refractivity contribution is 0.0735. The molecule has 4 rings (SSSR count). The number of unbranched alkanes of at least 4 members (excludes halogenated alkanes) is 8. The maximum absolute atomic E-state index is 14.5. The summed E-state index contributed by atoms with van der Waals surface area (Å²) in [6, 6.07) is 16.5. The number of Topliss-reactive ketones (excluding diaryl/α,β-unsaturated/α-hetero) is 1. The first-order valence-electron chi connectivity index (χ1n) is 18.4. The summed E-state index contributed by atoms with van der Waals surface area (Å²) in [6.45, 7) is 13.7. The van der Waals surface area contributed by atoms with Gasteiger partial charge in [-0.1, -0.05) is 83.8 Å². The molecule has 2 fully saturated rings. The summed E-state index contributed by atoms with van der Waals surface area (Å²) in [5.41, 5.74) is 3.01. The molecule has 0 bridgehead atoms. The van der Waals surface area contributed by atoms with Crippen LogP contribution in [0.4, 0.5) is 5.69 Å². The van der Waals surface area contributed by atoms with Crippen molar-refractivity contribution < 1.29 is 9.59 Å². The van der Waals surface area contributed by atoms with Crippen LogP contribution in [0.25, 0.3) is 0 Å². The first-order valence-corrected chi connectivity index (χ1v) is 18.4. The lowest BCUT2D eigenvalue weighted by Gasteiger charge is -2.36. The van der Waals surface area contributed by atoms with Crippen LogP contribution in [0.15, 0.2) is 48.5 Å². The Balaban J connectivity index is 1.43. The first-order chi connectivity index (χ1) is 22.5. The van der Waals surface area contributed by atoms with Crippen LogP contribution in [0, 0.1) is 0 Å². The molecule has 2 aliphatic heterocycles. The Labute approximate surface area is 279 Å². The van der Waals surface area contributed by atoms with Gasteiger partial charge in [-0.05, 0) is 68.1 Å². The van der Waals surface area contributed by atoms with E-state index in [4.69, 9.17) is 0 Å². The molecule has 2 saturated heterocycles. The maximum Gasteiger partial charge on any atom is 0.253 e. The van der Waals surface area contributed by atoms with E-state index in [0.29, 0.717) is 18.4 Å². The van der Waals surface area contributed by atoms with Crippen LogP contribution in [0.5, 0.6) is 0 Å². The monoisotopic (exact) mass is 631 g/mol. The van der Waals surface area contributed by atoms with E-state index in [0.717, 1.165) is 69.9 Å². The van der Waals surface area contributed by atoms with Crippen molar-refractivity contribution in [1.82, 2.24) is 20.9 Å². The number of ketones is 1. The van der Waals surface area contributed by atoms with Crippen LogP contribution in [0.3, 0.4) is 0 Å². The van der Waals surface area contributed by atoms with Gasteiger partial charge in [-0.25, -0.2) is 0 Å². The Kier molecular flexibility index (Phi) is 15.0. The molecule has 7 nitrogen and oxygen atoms in total. The van der Waals surface area contributed by atoms with Gasteiger partial charge >= 0.3 is 0 Å². The van der Waals surface area contributed by atoms with Gasteiger partial charge in [-0.15, -0.1) is 0 Å². The van der Waals surface area contributed by atoms with E-state index in [1.165, 1.54) is 63.5 Å². The molecular weight excluding hydrogens is 570 g/mol. The number of rotatable bonds is 19. The Morgan fingerprint density at radius 1 is 0.739 bits per heavy atom. The van der Waals surface area contributed by atoms with Gasteiger partial charge in [0, 0.05) is 75.2 Å². The molecule has 0 saturated carbocycles. The molecule has 2 unspecified atom stereocenters. The highest BCUT2D eigenvalue weighted by atomic mass is 16.2. The molecule has 7 heteroatoms. The number of carbonyl (C=O) groups excluding carboxylic acids is 2. The average Bonchev–Trinajstić information content (AvgIpc) is 3.11. The molecule has 2 aliphatic rings. The topological polar surface area (TPSA) is 76.7 Å².